The van der Waals surface area contributed by atoms with Crippen LogP contribution in [-0.4, -0.2) is 140 Å². The summed E-state index contributed by atoms with van der Waals surface area (Å²) in [6.07, 6.45) is -12.3. The minimum atomic E-state index is -10.0. The largest absolute Gasteiger partial charge is 0.480 e. The average Bonchev–Trinajstić information content (AvgIpc) is 3.00. The third-order valence-corrected chi connectivity index (χ3v) is 8.67. The van der Waals surface area contributed by atoms with Crippen molar-refractivity contribution < 1.29 is 146 Å². The molecule has 0 unspecified atom stereocenters. The van der Waals surface area contributed by atoms with Crippen LogP contribution >= 0.6 is 0 Å². The number of nitrogens with one attached hydrogen (secondary N) is 1. The van der Waals surface area contributed by atoms with Gasteiger partial charge < -0.3 is 5.11 Å². The molecule has 0 aromatic carbocycles. The summed E-state index contributed by atoms with van der Waals surface area (Å²) < 4.78 is 420. The van der Waals surface area contributed by atoms with Crippen LogP contribution in [0.1, 0.15) is 12.8 Å². The Hall–Kier alpha value is -2.69. The molecule has 0 rings (SSSR count). The lowest BCUT2D eigenvalue weighted by atomic mass is 9.83. The highest BCUT2D eigenvalue weighted by molar-refractivity contribution is 7.89. The second-order valence-corrected chi connectivity index (χ2v) is 13.5. The Kier molecular flexibility index (Phi) is 14.6. The van der Waals surface area contributed by atoms with E-state index in [2.05, 4.69) is 0 Å². The van der Waals surface area contributed by atoms with E-state index in [0.29, 0.717) is 0 Å². The summed E-state index contributed by atoms with van der Waals surface area (Å²) in [4.78, 5) is 11.4. The van der Waals surface area contributed by atoms with E-state index in [1.807, 2.05) is 0 Å². The first-order chi connectivity index (χ1) is 24.8. The number of sulfonamides is 1. The molecule has 0 spiro atoms. The van der Waals surface area contributed by atoms with Gasteiger partial charge in [-0.3, -0.25) is 9.69 Å². The van der Waals surface area contributed by atoms with Gasteiger partial charge in [0, 0.05) is 13.0 Å². The van der Waals surface area contributed by atoms with E-state index in [1.54, 1.807) is 0 Å². The minimum Gasteiger partial charge on any atom is -0.480 e. The standard InChI is InChI=1S/C22H17F29N2O4S/c1-53(7-8(54)55)5-2-4-52-58(56,57)6-3-9(23,24)10(25,26)11(27,28)12(29,30)13(31,32)14(33,34)15(35,36)16(37,38)17(39,40)18(41,42)19(43,44)20(45,46)21(47,48)22(49,50)51/h52H,2-7H2,1H3,(H,54,55). The number of nitrogens with zero attached hydrogens (tertiary/aromatic N) is 1. The van der Waals surface area contributed by atoms with Crippen LogP contribution in [-0.2, 0) is 14.8 Å². The molecule has 0 atom stereocenters. The second-order valence-electron chi connectivity index (χ2n) is 11.5. The third-order valence-electron chi connectivity index (χ3n) is 7.28. The van der Waals surface area contributed by atoms with Crippen LogP contribution in [0.5, 0.6) is 0 Å². The molecule has 0 bridgehead atoms. The molecule has 36 heteroatoms. The monoisotopic (exact) mass is 956 g/mol. The van der Waals surface area contributed by atoms with Crippen LogP contribution < -0.4 is 4.72 Å². The predicted molar refractivity (Wildman–Crippen MR) is 127 cm³/mol. The summed E-state index contributed by atoms with van der Waals surface area (Å²) in [7, 11) is -4.46. The van der Waals surface area contributed by atoms with Gasteiger partial charge in [-0.2, -0.15) is 127 Å². The summed E-state index contributed by atoms with van der Waals surface area (Å²) in [5, 5.41) is 8.51. The number of hydrogen-bond donors (Lipinski definition) is 2. The number of alkyl halides is 29. The van der Waals surface area contributed by atoms with E-state index in [9.17, 15) is 141 Å². The zero-order chi connectivity index (χ0) is 47.6. The van der Waals surface area contributed by atoms with E-state index in [4.69, 9.17) is 5.11 Å². The molecular formula is C22H17F29N2O4S. The molecule has 0 saturated carbocycles. The lowest BCUT2D eigenvalue weighted by Crippen LogP contribution is -2.79. The van der Waals surface area contributed by atoms with E-state index in [1.165, 1.54) is 4.72 Å². The van der Waals surface area contributed by atoms with Crippen molar-refractivity contribution in [2.24, 2.45) is 0 Å². The number of carboxylic acids is 1. The Morgan fingerprint density at radius 2 is 0.741 bits per heavy atom. The quantitative estimate of drug-likeness (QED) is 0.0841. The van der Waals surface area contributed by atoms with E-state index in [-0.39, 0.29) is 6.54 Å². The van der Waals surface area contributed by atoms with Gasteiger partial charge in [0.1, 0.15) is 0 Å². The number of carboxylic acid groups (broad SMARTS) is 1. The molecule has 0 aromatic heterocycles. The van der Waals surface area contributed by atoms with Crippen LogP contribution in [0.3, 0.4) is 0 Å². The molecule has 0 fully saturated rings. The fraction of sp³-hybridized carbons (Fsp3) is 0.955. The van der Waals surface area contributed by atoms with Gasteiger partial charge in [0.25, 0.3) is 0 Å². The SMILES string of the molecule is CN(CCCNS(=O)(=O)CCC(F)(F)C(F)(F)C(F)(F)C(F)(F)C(F)(F)C(F)(F)C(F)(F)C(F)(F)C(F)(F)C(F)(F)C(F)(F)C(F)(F)C(F)(F)C(F)(F)F)CC(=O)O. The molecule has 2 N–H and O–H groups in total. The van der Waals surface area contributed by atoms with E-state index in [0.717, 1.165) is 11.9 Å². The van der Waals surface area contributed by atoms with Gasteiger partial charge in [0.2, 0.25) is 10.0 Å². The summed E-state index contributed by atoms with van der Waals surface area (Å²) in [5.74, 6) is -126. The summed E-state index contributed by atoms with van der Waals surface area (Å²) in [5.41, 5.74) is 0. The van der Waals surface area contributed by atoms with Crippen molar-refractivity contribution in [1.29, 1.82) is 0 Å². The highest BCUT2D eigenvalue weighted by atomic mass is 32.2. The van der Waals surface area contributed by atoms with Crippen molar-refractivity contribution in [2.45, 2.75) is 96.0 Å². The topological polar surface area (TPSA) is 86.7 Å². The van der Waals surface area contributed by atoms with Crippen molar-refractivity contribution in [3.63, 3.8) is 0 Å². The second kappa shape index (κ2) is 15.3. The molecule has 0 heterocycles. The maximum Gasteiger partial charge on any atom is 0.460 e. The summed E-state index contributed by atoms with van der Waals surface area (Å²) >= 11 is 0. The molecule has 0 aliphatic carbocycles. The van der Waals surface area contributed by atoms with Gasteiger partial charge in [-0.25, -0.2) is 13.1 Å². The van der Waals surface area contributed by atoms with E-state index < -0.39 is 131 Å². The molecule has 58 heavy (non-hydrogen) atoms. The molecule has 0 aromatic rings. The first kappa shape index (κ1) is 55.3. The maximum absolute atomic E-state index is 14.1. The highest BCUT2D eigenvalue weighted by Crippen LogP contribution is 2.69. The Bertz CT molecular complexity index is 1570. The van der Waals surface area contributed by atoms with Crippen molar-refractivity contribution >= 4 is 16.0 Å². The Morgan fingerprint density at radius 3 is 1.00 bits per heavy atom. The van der Waals surface area contributed by atoms with Crippen LogP contribution in [0.25, 0.3) is 0 Å². The lowest BCUT2D eigenvalue weighted by molar-refractivity contribution is -0.487. The van der Waals surface area contributed by atoms with Crippen LogP contribution in [0.15, 0.2) is 0 Å². The van der Waals surface area contributed by atoms with Gasteiger partial charge in [0.05, 0.1) is 12.3 Å². The molecule has 348 valence electrons. The zero-order valence-corrected chi connectivity index (χ0v) is 27.5. The van der Waals surface area contributed by atoms with Gasteiger partial charge in [-0.05, 0) is 20.0 Å². The third kappa shape index (κ3) is 8.21. The molecule has 0 aliphatic heterocycles. The maximum atomic E-state index is 14.1. The number of hydrogen-bond acceptors (Lipinski definition) is 4. The lowest BCUT2D eigenvalue weighted by Gasteiger charge is -2.46. The van der Waals surface area contributed by atoms with Crippen molar-refractivity contribution in [2.75, 3.05) is 32.4 Å². The van der Waals surface area contributed by atoms with Crippen LogP contribution in [0, 0.1) is 0 Å². The van der Waals surface area contributed by atoms with Crippen molar-refractivity contribution in [1.82, 2.24) is 9.62 Å². The number of rotatable bonds is 22. The summed E-state index contributed by atoms with van der Waals surface area (Å²) in [6, 6.07) is 0. The van der Waals surface area contributed by atoms with Crippen molar-refractivity contribution in [3.8, 4) is 0 Å². The van der Waals surface area contributed by atoms with Gasteiger partial charge >= 0.3 is 89.1 Å². The molecule has 0 aliphatic rings. The van der Waals surface area contributed by atoms with Crippen molar-refractivity contribution in [3.05, 3.63) is 0 Å². The number of likely N-dealkylation sites (N-methyl/N-ethyl adjacent to an activating group) is 1. The normalized spacial score (nSPS) is 16.3. The Morgan fingerprint density at radius 1 is 0.483 bits per heavy atom. The highest BCUT2D eigenvalue weighted by Gasteiger charge is 3.00. The molecule has 0 amide bonds. The average molecular weight is 956 g/mol. The molecule has 6 nitrogen and oxygen atoms in total. The van der Waals surface area contributed by atoms with Gasteiger partial charge in [-0.1, -0.05) is 0 Å². The van der Waals surface area contributed by atoms with E-state index >= 15 is 0 Å². The Labute approximate surface area is 300 Å². The fourth-order valence-corrected chi connectivity index (χ4v) is 4.88. The molecule has 0 radical (unpaired) electrons. The number of carbonyl (C=O) groups is 1. The van der Waals surface area contributed by atoms with Gasteiger partial charge in [0.15, 0.2) is 0 Å². The zero-order valence-electron chi connectivity index (χ0n) is 26.7. The van der Waals surface area contributed by atoms with Gasteiger partial charge in [-0.15, -0.1) is 0 Å². The summed E-state index contributed by atoms with van der Waals surface area (Å²) in [6.45, 7) is -2.08. The molecule has 0 saturated heterocycles. The first-order valence-corrected chi connectivity index (χ1v) is 15.3. The minimum absolute atomic E-state index is 0.377. The van der Waals surface area contributed by atoms with Crippen LogP contribution in [0.2, 0.25) is 0 Å². The Balaban J connectivity index is 7.01. The first-order valence-electron chi connectivity index (χ1n) is 13.6. The number of aliphatic carboxylic acids is 1. The fourth-order valence-electron chi connectivity index (χ4n) is 3.76. The predicted octanol–water partition coefficient (Wildman–Crippen LogP) is 8.52. The number of halogens is 29. The van der Waals surface area contributed by atoms with Crippen LogP contribution in [0.4, 0.5) is 127 Å². The molecular weight excluding hydrogens is 939 g/mol. The smallest absolute Gasteiger partial charge is 0.460 e.